The van der Waals surface area contributed by atoms with E-state index in [0.717, 1.165) is 5.56 Å². The molecule has 23 heavy (non-hydrogen) atoms. The Balaban J connectivity index is 1.80. The summed E-state index contributed by atoms with van der Waals surface area (Å²) in [6.45, 7) is 5.32. The summed E-state index contributed by atoms with van der Waals surface area (Å²) in [4.78, 5) is 0.170. The van der Waals surface area contributed by atoms with Gasteiger partial charge in [0.05, 0.1) is 17.5 Å². The molecule has 3 rings (SSSR count). The number of aliphatic hydroxyl groups excluding tert-OH is 1. The van der Waals surface area contributed by atoms with Gasteiger partial charge in [-0.2, -0.15) is 0 Å². The Morgan fingerprint density at radius 3 is 2.43 bits per heavy atom. The van der Waals surface area contributed by atoms with E-state index >= 15 is 0 Å². The minimum atomic E-state index is -3.72. The first-order valence-electron chi connectivity index (χ1n) is 7.42. The molecule has 8 heteroatoms. The van der Waals surface area contributed by atoms with E-state index in [0.29, 0.717) is 0 Å². The monoisotopic (exact) mass is 343 g/mol. The quantitative estimate of drug-likeness (QED) is 0.831. The molecule has 0 bridgehead atoms. The van der Waals surface area contributed by atoms with Gasteiger partial charge < -0.3 is 19.3 Å². The molecule has 1 aromatic carbocycles. The van der Waals surface area contributed by atoms with Crippen LogP contribution < -0.4 is 4.72 Å². The van der Waals surface area contributed by atoms with E-state index in [4.69, 9.17) is 14.2 Å². The number of ether oxygens (including phenoxy) is 3. The maximum Gasteiger partial charge on any atom is 0.240 e. The number of hydrogen-bond acceptors (Lipinski definition) is 6. The first kappa shape index (κ1) is 16.8. The summed E-state index contributed by atoms with van der Waals surface area (Å²) in [6.07, 6.45) is -2.49. The van der Waals surface area contributed by atoms with Crippen molar-refractivity contribution in [3.63, 3.8) is 0 Å². The first-order chi connectivity index (χ1) is 10.7. The predicted octanol–water partition coefficient (Wildman–Crippen LogP) is 0.511. The third-order valence-electron chi connectivity index (χ3n) is 3.93. The van der Waals surface area contributed by atoms with E-state index in [1.165, 1.54) is 0 Å². The minimum absolute atomic E-state index is 0.00681. The van der Waals surface area contributed by atoms with Gasteiger partial charge in [-0.1, -0.05) is 17.7 Å². The zero-order valence-electron chi connectivity index (χ0n) is 13.2. The molecule has 7 nitrogen and oxygen atoms in total. The average Bonchev–Trinajstić information content (AvgIpc) is 2.79. The summed E-state index contributed by atoms with van der Waals surface area (Å²) in [5.41, 5.74) is 0.974. The van der Waals surface area contributed by atoms with Gasteiger partial charge in [-0.05, 0) is 32.9 Å². The number of rotatable bonds is 3. The van der Waals surface area contributed by atoms with Crippen molar-refractivity contribution in [3.05, 3.63) is 29.8 Å². The fraction of sp³-hybridized carbons (Fsp3) is 0.600. The summed E-state index contributed by atoms with van der Waals surface area (Å²) in [5, 5.41) is 9.87. The van der Waals surface area contributed by atoms with Crippen LogP contribution in [0, 0.1) is 6.92 Å². The highest BCUT2D eigenvalue weighted by Crippen LogP contribution is 2.35. The second-order valence-electron chi connectivity index (χ2n) is 6.33. The van der Waals surface area contributed by atoms with Crippen LogP contribution in [0.5, 0.6) is 0 Å². The van der Waals surface area contributed by atoms with Crippen molar-refractivity contribution in [2.75, 3.05) is 6.61 Å². The number of nitrogens with one attached hydrogen (secondary N) is 1. The number of hydrogen-bond donors (Lipinski definition) is 2. The standard InChI is InChI=1S/C15H21NO6S/c1-9-4-6-10(7-5-9)23(18,19)16-11-8-20-14(17)13-12(11)21-15(2,3)22-13/h4-7,11-14,16-17H,8H2,1-3H3/t11-,12+,13-,14?/m0/s1. The number of fused-ring (bicyclic) bond motifs is 1. The zero-order chi connectivity index (χ0) is 16.8. The highest BCUT2D eigenvalue weighted by Gasteiger charge is 2.52. The molecule has 2 heterocycles. The van der Waals surface area contributed by atoms with E-state index in [9.17, 15) is 13.5 Å². The molecule has 128 valence electrons. The maximum absolute atomic E-state index is 12.5. The molecule has 4 atom stereocenters. The Morgan fingerprint density at radius 1 is 1.17 bits per heavy atom. The molecule has 2 saturated heterocycles. The van der Waals surface area contributed by atoms with Crippen LogP contribution in [-0.4, -0.2) is 50.5 Å². The van der Waals surface area contributed by atoms with Gasteiger partial charge in [0.25, 0.3) is 0 Å². The van der Waals surface area contributed by atoms with Gasteiger partial charge in [0, 0.05) is 0 Å². The van der Waals surface area contributed by atoms with Gasteiger partial charge >= 0.3 is 0 Å². The van der Waals surface area contributed by atoms with Crippen molar-refractivity contribution >= 4 is 10.0 Å². The van der Waals surface area contributed by atoms with E-state index < -0.39 is 40.4 Å². The fourth-order valence-corrected chi connectivity index (χ4v) is 4.06. The average molecular weight is 343 g/mol. The first-order valence-corrected chi connectivity index (χ1v) is 8.91. The summed E-state index contributed by atoms with van der Waals surface area (Å²) in [7, 11) is -3.72. The molecule has 0 spiro atoms. The Bertz CT molecular complexity index is 672. The molecule has 2 aliphatic rings. The molecule has 2 fully saturated rings. The summed E-state index contributed by atoms with van der Waals surface area (Å²) < 4.78 is 44.2. The van der Waals surface area contributed by atoms with Crippen LogP contribution >= 0.6 is 0 Å². The van der Waals surface area contributed by atoms with E-state index in [2.05, 4.69) is 4.72 Å². The van der Waals surface area contributed by atoms with Crippen molar-refractivity contribution < 1.29 is 27.7 Å². The van der Waals surface area contributed by atoms with Crippen LogP contribution in [0.15, 0.2) is 29.2 Å². The van der Waals surface area contributed by atoms with E-state index in [-0.39, 0.29) is 11.5 Å². The number of sulfonamides is 1. The Labute approximate surface area is 135 Å². The number of benzene rings is 1. The van der Waals surface area contributed by atoms with Gasteiger partial charge in [-0.25, -0.2) is 13.1 Å². The maximum atomic E-state index is 12.5. The lowest BCUT2D eigenvalue weighted by Crippen LogP contribution is -2.57. The van der Waals surface area contributed by atoms with E-state index in [1.54, 1.807) is 38.1 Å². The van der Waals surface area contributed by atoms with Gasteiger partial charge in [0.2, 0.25) is 10.0 Å². The van der Waals surface area contributed by atoms with Crippen LogP contribution in [0.4, 0.5) is 0 Å². The molecule has 2 N–H and O–H groups in total. The topological polar surface area (TPSA) is 94.1 Å². The number of aliphatic hydroxyl groups is 1. The van der Waals surface area contributed by atoms with Crippen LogP contribution in [0.2, 0.25) is 0 Å². The molecule has 0 aliphatic carbocycles. The van der Waals surface area contributed by atoms with Gasteiger partial charge in [0.1, 0.15) is 12.2 Å². The highest BCUT2D eigenvalue weighted by atomic mass is 32.2. The molecular weight excluding hydrogens is 322 g/mol. The van der Waals surface area contributed by atoms with Crippen LogP contribution in [0.25, 0.3) is 0 Å². The van der Waals surface area contributed by atoms with Gasteiger partial charge in [0.15, 0.2) is 12.1 Å². The second-order valence-corrected chi connectivity index (χ2v) is 8.04. The lowest BCUT2D eigenvalue weighted by molar-refractivity contribution is -0.210. The SMILES string of the molecule is Cc1ccc(S(=O)(=O)N[C@H]2COC(O)[C@H]3OC(C)(C)O[C@H]23)cc1. The van der Waals surface area contributed by atoms with Crippen LogP contribution in [-0.2, 0) is 24.2 Å². The normalized spacial score (nSPS) is 33.4. The Kier molecular flexibility index (Phi) is 4.24. The summed E-state index contributed by atoms with van der Waals surface area (Å²) >= 11 is 0. The smallest absolute Gasteiger partial charge is 0.240 e. The summed E-state index contributed by atoms with van der Waals surface area (Å²) in [6, 6.07) is 5.91. The van der Waals surface area contributed by atoms with Crippen molar-refractivity contribution in [2.45, 2.75) is 56.0 Å². The second kappa shape index (κ2) is 5.80. The largest absolute Gasteiger partial charge is 0.366 e. The minimum Gasteiger partial charge on any atom is -0.366 e. The summed E-state index contributed by atoms with van der Waals surface area (Å²) in [5.74, 6) is -0.905. The van der Waals surface area contributed by atoms with Crippen LogP contribution in [0.3, 0.4) is 0 Å². The molecule has 1 unspecified atom stereocenters. The Morgan fingerprint density at radius 2 is 1.78 bits per heavy atom. The zero-order valence-corrected chi connectivity index (χ0v) is 14.0. The molecule has 0 radical (unpaired) electrons. The number of aryl methyl sites for hydroxylation is 1. The molecule has 1 aromatic rings. The molecule has 2 aliphatic heterocycles. The van der Waals surface area contributed by atoms with Gasteiger partial charge in [-0.3, -0.25) is 0 Å². The molecular formula is C15H21NO6S. The third-order valence-corrected chi connectivity index (χ3v) is 5.43. The fourth-order valence-electron chi connectivity index (χ4n) is 2.83. The van der Waals surface area contributed by atoms with Gasteiger partial charge in [-0.15, -0.1) is 0 Å². The Hall–Kier alpha value is -1.03. The lowest BCUT2D eigenvalue weighted by atomic mass is 10.0. The van der Waals surface area contributed by atoms with Crippen molar-refractivity contribution in [1.82, 2.24) is 4.72 Å². The molecule has 0 aromatic heterocycles. The van der Waals surface area contributed by atoms with Crippen molar-refractivity contribution in [2.24, 2.45) is 0 Å². The predicted molar refractivity (Wildman–Crippen MR) is 81.1 cm³/mol. The molecule has 0 saturated carbocycles. The lowest BCUT2D eigenvalue weighted by Gasteiger charge is -2.34. The highest BCUT2D eigenvalue weighted by molar-refractivity contribution is 7.89. The van der Waals surface area contributed by atoms with Crippen molar-refractivity contribution in [1.29, 1.82) is 0 Å². The molecule has 0 amide bonds. The van der Waals surface area contributed by atoms with Crippen LogP contribution in [0.1, 0.15) is 19.4 Å². The third kappa shape index (κ3) is 3.42. The van der Waals surface area contributed by atoms with Crippen molar-refractivity contribution in [3.8, 4) is 0 Å². The van der Waals surface area contributed by atoms with E-state index in [1.807, 2.05) is 6.92 Å².